The molecule has 42 heavy (non-hydrogen) atoms. The fourth-order valence-corrected chi connectivity index (χ4v) is 7.18. The normalized spacial score (nSPS) is 21.6. The van der Waals surface area contributed by atoms with Gasteiger partial charge in [0.15, 0.2) is 5.78 Å². The van der Waals surface area contributed by atoms with Crippen LogP contribution in [0, 0.1) is 11.8 Å². The Morgan fingerprint density at radius 3 is 2.38 bits per heavy atom. The minimum absolute atomic E-state index is 0.0521. The monoisotopic (exact) mass is 568 g/mol. The molecule has 1 aliphatic heterocycles. The highest BCUT2D eigenvalue weighted by Gasteiger charge is 2.47. The smallest absolute Gasteiger partial charge is 0.416 e. The summed E-state index contributed by atoms with van der Waals surface area (Å²) >= 11 is 0. The second-order valence-corrected chi connectivity index (χ2v) is 12.5. The van der Waals surface area contributed by atoms with Crippen molar-refractivity contribution in [1.29, 1.82) is 0 Å². The van der Waals surface area contributed by atoms with Crippen LogP contribution in [-0.4, -0.2) is 21.4 Å². The van der Waals surface area contributed by atoms with Gasteiger partial charge < -0.3 is 4.74 Å². The number of halogens is 3. The molecule has 3 atom stereocenters. The number of hydrogen-bond acceptors (Lipinski definition) is 4. The van der Waals surface area contributed by atoms with Gasteiger partial charge >= 0.3 is 6.18 Å². The molecule has 7 heteroatoms. The lowest BCUT2D eigenvalue weighted by Crippen LogP contribution is -2.46. The number of hydrogen-bond donors (Lipinski definition) is 0. The summed E-state index contributed by atoms with van der Waals surface area (Å²) in [5, 5.41) is 2.01. The summed E-state index contributed by atoms with van der Waals surface area (Å²) in [6, 6.07) is 18.1. The molecule has 5 aromatic rings. The topological polar surface area (TPSA) is 52.1 Å². The minimum Gasteiger partial charge on any atom is -0.487 e. The number of alkyl halides is 3. The average Bonchev–Trinajstić information content (AvgIpc) is 2.95. The zero-order valence-electron chi connectivity index (χ0n) is 23.8. The van der Waals surface area contributed by atoms with Crippen LogP contribution in [0.3, 0.4) is 0 Å². The number of Topliss-reactive ketones (excluding diaryl/α,β-unsaturated/α-hetero) is 1. The van der Waals surface area contributed by atoms with Crippen LogP contribution in [0.2, 0.25) is 0 Å². The van der Waals surface area contributed by atoms with Crippen LogP contribution in [0.1, 0.15) is 73.0 Å². The number of ether oxygens (including phenoxy) is 1. The lowest BCUT2D eigenvalue weighted by Gasteiger charge is -2.49. The lowest BCUT2D eigenvalue weighted by molar-refractivity contribution is -0.137. The van der Waals surface area contributed by atoms with E-state index in [0.717, 1.165) is 69.2 Å². The molecule has 4 nitrogen and oxygen atoms in total. The summed E-state index contributed by atoms with van der Waals surface area (Å²) in [7, 11) is 0. The molecule has 0 spiro atoms. The molecule has 1 fully saturated rings. The quantitative estimate of drug-likeness (QED) is 0.124. The highest BCUT2D eigenvalue weighted by molar-refractivity contribution is 6.11. The number of nitrogens with zero attached hydrogens (tertiary/aromatic N) is 2. The third-order valence-corrected chi connectivity index (χ3v) is 9.30. The van der Waals surface area contributed by atoms with Gasteiger partial charge in [0.05, 0.1) is 27.6 Å². The molecule has 1 aromatic heterocycles. The van der Waals surface area contributed by atoms with Crippen molar-refractivity contribution < 1.29 is 22.7 Å². The van der Waals surface area contributed by atoms with Crippen LogP contribution in [0.5, 0.6) is 5.75 Å². The van der Waals surface area contributed by atoms with Crippen LogP contribution in [-0.2, 0) is 12.6 Å². The van der Waals surface area contributed by atoms with Crippen molar-refractivity contribution in [2.24, 2.45) is 11.8 Å². The second-order valence-electron chi connectivity index (χ2n) is 12.5. The number of rotatable bonds is 3. The van der Waals surface area contributed by atoms with Gasteiger partial charge in [-0.25, -0.2) is 9.97 Å². The van der Waals surface area contributed by atoms with E-state index in [9.17, 15) is 18.0 Å². The molecule has 0 bridgehead atoms. The molecule has 7 rings (SSSR count). The van der Waals surface area contributed by atoms with E-state index in [-0.39, 0.29) is 23.4 Å². The Morgan fingerprint density at radius 1 is 0.929 bits per heavy atom. The van der Waals surface area contributed by atoms with Crippen molar-refractivity contribution in [3.63, 3.8) is 0 Å². The third kappa shape index (κ3) is 4.41. The standard InChI is InChI=1S/C35H31F3N2O2/c1-19-8-14-26-25(16-19)30-32-31(23-6-4-5-7-24(23)33(30)42-34(26,2)3)40-28-17-20(9-15-27(28)39-32)18-29(41)21-10-12-22(13-11-21)35(36,37)38/h4-7,9-13,15,17,19,25-26H,8,14,16,18H2,1-3H3. The van der Waals surface area contributed by atoms with E-state index in [4.69, 9.17) is 14.7 Å². The van der Waals surface area contributed by atoms with Crippen LogP contribution < -0.4 is 4.74 Å². The maximum atomic E-state index is 12.9. The Labute approximate surface area is 241 Å². The summed E-state index contributed by atoms with van der Waals surface area (Å²) < 4.78 is 45.7. The van der Waals surface area contributed by atoms with E-state index in [1.165, 1.54) is 18.6 Å². The van der Waals surface area contributed by atoms with Gasteiger partial charge in [-0.3, -0.25) is 4.79 Å². The molecule has 1 saturated carbocycles. The summed E-state index contributed by atoms with van der Waals surface area (Å²) in [6.45, 7) is 6.75. The predicted octanol–water partition coefficient (Wildman–Crippen LogP) is 9.07. The molecule has 4 aromatic carbocycles. The third-order valence-electron chi connectivity index (χ3n) is 9.30. The first-order valence-electron chi connectivity index (χ1n) is 14.5. The zero-order valence-corrected chi connectivity index (χ0v) is 23.8. The van der Waals surface area contributed by atoms with Crippen LogP contribution in [0.15, 0.2) is 66.7 Å². The summed E-state index contributed by atoms with van der Waals surface area (Å²) in [6.07, 6.45) is -0.996. The molecule has 1 aliphatic carbocycles. The Morgan fingerprint density at radius 2 is 1.64 bits per heavy atom. The maximum absolute atomic E-state index is 12.9. The highest BCUT2D eigenvalue weighted by Crippen LogP contribution is 2.56. The van der Waals surface area contributed by atoms with Crippen LogP contribution >= 0.6 is 0 Å². The first-order chi connectivity index (χ1) is 20.0. The van der Waals surface area contributed by atoms with Crippen molar-refractivity contribution in [1.82, 2.24) is 9.97 Å². The Balaban J connectivity index is 1.33. The SMILES string of the molecule is CC1CCC2C(C1)c1c(c3ccccc3c3nc4cc(CC(=O)c5ccc(C(F)(F)F)cc5)ccc4nc13)OC2(C)C. The van der Waals surface area contributed by atoms with Gasteiger partial charge in [0.1, 0.15) is 11.4 Å². The maximum Gasteiger partial charge on any atom is 0.416 e. The predicted molar refractivity (Wildman–Crippen MR) is 158 cm³/mol. The molecule has 0 amide bonds. The molecular weight excluding hydrogens is 537 g/mol. The summed E-state index contributed by atoms with van der Waals surface area (Å²) in [4.78, 5) is 23.3. The van der Waals surface area contributed by atoms with E-state index in [1.54, 1.807) is 0 Å². The lowest BCUT2D eigenvalue weighted by atomic mass is 9.64. The van der Waals surface area contributed by atoms with Gasteiger partial charge in [-0.15, -0.1) is 0 Å². The molecular formula is C35H31F3N2O2. The number of carbonyl (C=O) groups is 1. The van der Waals surface area contributed by atoms with Crippen molar-refractivity contribution in [3.05, 3.63) is 89.0 Å². The largest absolute Gasteiger partial charge is 0.487 e. The molecule has 2 heterocycles. The summed E-state index contributed by atoms with van der Waals surface area (Å²) in [5.41, 5.74) is 4.19. The Bertz CT molecular complexity index is 1880. The molecule has 0 radical (unpaired) electrons. The Kier molecular flexibility index (Phi) is 6.09. The van der Waals surface area contributed by atoms with Crippen molar-refractivity contribution >= 4 is 38.6 Å². The first kappa shape index (κ1) is 26.9. The van der Waals surface area contributed by atoms with Crippen LogP contribution in [0.25, 0.3) is 32.8 Å². The first-order valence-corrected chi connectivity index (χ1v) is 14.5. The van der Waals surface area contributed by atoms with Gasteiger partial charge in [0.25, 0.3) is 0 Å². The fourth-order valence-electron chi connectivity index (χ4n) is 7.18. The summed E-state index contributed by atoms with van der Waals surface area (Å²) in [5.74, 6) is 2.00. The van der Waals surface area contributed by atoms with Crippen molar-refractivity contribution in [2.45, 2.75) is 64.1 Å². The van der Waals surface area contributed by atoms with Gasteiger partial charge in [-0.2, -0.15) is 13.2 Å². The molecule has 0 N–H and O–H groups in total. The fraction of sp³-hybridized carbons (Fsp3) is 0.343. The number of benzene rings is 4. The minimum atomic E-state index is -4.44. The molecule has 2 aliphatic rings. The zero-order chi connectivity index (χ0) is 29.4. The van der Waals surface area contributed by atoms with Gasteiger partial charge in [-0.05, 0) is 68.4 Å². The van der Waals surface area contributed by atoms with Crippen LogP contribution in [0.4, 0.5) is 13.2 Å². The van der Waals surface area contributed by atoms with Gasteiger partial charge in [0, 0.05) is 34.2 Å². The van der Waals surface area contributed by atoms with Gasteiger partial charge in [0.2, 0.25) is 0 Å². The number of carbonyl (C=O) groups excluding carboxylic acids is 1. The molecule has 214 valence electrons. The van der Waals surface area contributed by atoms with Crippen molar-refractivity contribution in [3.8, 4) is 5.75 Å². The average molecular weight is 569 g/mol. The van der Waals surface area contributed by atoms with E-state index >= 15 is 0 Å². The van der Waals surface area contributed by atoms with E-state index < -0.39 is 11.7 Å². The van der Waals surface area contributed by atoms with Gasteiger partial charge in [-0.1, -0.05) is 55.8 Å². The van der Waals surface area contributed by atoms with E-state index in [1.807, 2.05) is 30.3 Å². The molecule has 3 unspecified atom stereocenters. The second kappa shape index (κ2) is 9.51. The highest BCUT2D eigenvalue weighted by atomic mass is 19.4. The van der Waals surface area contributed by atoms with E-state index in [0.29, 0.717) is 23.3 Å². The number of ketones is 1. The Hall–Kier alpha value is -4.00. The van der Waals surface area contributed by atoms with Crippen molar-refractivity contribution in [2.75, 3.05) is 0 Å². The molecule has 0 saturated heterocycles. The number of aromatic nitrogens is 2. The van der Waals surface area contributed by atoms with E-state index in [2.05, 4.69) is 32.9 Å². The number of fused-ring (bicyclic) bond motifs is 9.